The van der Waals surface area contributed by atoms with E-state index in [2.05, 4.69) is 19.2 Å². The van der Waals surface area contributed by atoms with Crippen LogP contribution in [0.5, 0.6) is 0 Å². The van der Waals surface area contributed by atoms with Crippen LogP contribution in [0.4, 0.5) is 0 Å². The third-order valence-electron chi connectivity index (χ3n) is 4.74. The van der Waals surface area contributed by atoms with Gasteiger partial charge in [0.2, 0.25) is 5.91 Å². The molecule has 0 spiro atoms. The van der Waals surface area contributed by atoms with Gasteiger partial charge in [-0.25, -0.2) is 0 Å². The Labute approximate surface area is 115 Å². The lowest BCUT2D eigenvalue weighted by atomic mass is 9.86. The molecule has 0 aromatic heterocycles. The Kier molecular flexibility index (Phi) is 4.16. The first kappa shape index (κ1) is 14.4. The summed E-state index contributed by atoms with van der Waals surface area (Å²) in [5.41, 5.74) is 0.102. The zero-order valence-electron chi connectivity index (χ0n) is 11.9. The lowest BCUT2D eigenvalue weighted by Gasteiger charge is -2.27. The molecule has 2 aliphatic carbocycles. The maximum Gasteiger partial charge on any atom is 0.308 e. The van der Waals surface area contributed by atoms with Crippen molar-refractivity contribution in [1.82, 2.24) is 5.32 Å². The molecular weight excluding hydrogens is 242 g/mol. The number of rotatable bonds is 3. The molecule has 0 saturated heterocycles. The molecule has 3 atom stereocenters. The largest absolute Gasteiger partial charge is 0.481 e. The highest BCUT2D eigenvalue weighted by atomic mass is 16.4. The van der Waals surface area contributed by atoms with Gasteiger partial charge in [0.25, 0.3) is 0 Å². The second-order valence-corrected chi connectivity index (χ2v) is 6.80. The van der Waals surface area contributed by atoms with Crippen LogP contribution in [0.1, 0.15) is 58.8 Å². The first-order valence-corrected chi connectivity index (χ1v) is 7.45. The summed E-state index contributed by atoms with van der Waals surface area (Å²) in [6.07, 6.45) is 6.64. The monoisotopic (exact) mass is 267 g/mol. The molecule has 0 aromatic carbocycles. The van der Waals surface area contributed by atoms with E-state index in [1.807, 2.05) is 0 Å². The van der Waals surface area contributed by atoms with Gasteiger partial charge < -0.3 is 10.4 Å². The zero-order valence-corrected chi connectivity index (χ0v) is 11.9. The summed E-state index contributed by atoms with van der Waals surface area (Å²) in [5, 5.41) is 12.4. The van der Waals surface area contributed by atoms with Crippen LogP contribution in [0.3, 0.4) is 0 Å². The van der Waals surface area contributed by atoms with Crippen molar-refractivity contribution in [2.75, 3.05) is 0 Å². The van der Waals surface area contributed by atoms with Gasteiger partial charge in [-0.3, -0.25) is 9.59 Å². The highest BCUT2D eigenvalue weighted by Crippen LogP contribution is 2.51. The molecule has 108 valence electrons. The van der Waals surface area contributed by atoms with Gasteiger partial charge in [-0.05, 0) is 24.7 Å². The van der Waals surface area contributed by atoms with Crippen LogP contribution in [0, 0.1) is 17.3 Å². The molecule has 0 heterocycles. The van der Waals surface area contributed by atoms with Gasteiger partial charge in [-0.1, -0.05) is 39.5 Å². The number of carboxylic acids is 1. The third-order valence-corrected chi connectivity index (χ3v) is 4.74. The molecule has 2 N–H and O–H groups in total. The predicted molar refractivity (Wildman–Crippen MR) is 72.6 cm³/mol. The Bertz CT molecular complexity index is 364. The van der Waals surface area contributed by atoms with E-state index in [0.717, 1.165) is 38.5 Å². The van der Waals surface area contributed by atoms with Crippen molar-refractivity contribution in [1.29, 1.82) is 0 Å². The fraction of sp³-hybridized carbons (Fsp3) is 0.867. The number of aliphatic carboxylic acids is 1. The standard InChI is InChI=1S/C15H25NO3/c1-15(2)9-11(15)13(17)16-12-8-6-4-3-5-7-10(12)14(18)19/h10-12H,3-9H2,1-2H3,(H,16,17)(H,18,19)/t10?,11-,12?/m1/s1. The van der Waals surface area contributed by atoms with E-state index in [9.17, 15) is 14.7 Å². The van der Waals surface area contributed by atoms with E-state index < -0.39 is 11.9 Å². The number of amides is 1. The lowest BCUT2D eigenvalue weighted by molar-refractivity contribution is -0.143. The Hall–Kier alpha value is -1.06. The van der Waals surface area contributed by atoms with Crippen LogP contribution >= 0.6 is 0 Å². The van der Waals surface area contributed by atoms with Gasteiger partial charge in [-0.2, -0.15) is 0 Å². The number of hydrogen-bond donors (Lipinski definition) is 2. The Morgan fingerprint density at radius 1 is 1.11 bits per heavy atom. The number of hydrogen-bond acceptors (Lipinski definition) is 2. The number of carbonyl (C=O) groups excluding carboxylic acids is 1. The van der Waals surface area contributed by atoms with Crippen molar-refractivity contribution >= 4 is 11.9 Å². The van der Waals surface area contributed by atoms with Crippen molar-refractivity contribution < 1.29 is 14.7 Å². The van der Waals surface area contributed by atoms with Crippen LogP contribution in [0.25, 0.3) is 0 Å². The summed E-state index contributed by atoms with van der Waals surface area (Å²) in [7, 11) is 0. The van der Waals surface area contributed by atoms with Crippen molar-refractivity contribution in [3.63, 3.8) is 0 Å². The molecular formula is C15H25NO3. The van der Waals surface area contributed by atoms with Crippen molar-refractivity contribution in [3.8, 4) is 0 Å². The molecule has 0 radical (unpaired) electrons. The predicted octanol–water partition coefficient (Wildman–Crippen LogP) is 2.57. The van der Waals surface area contributed by atoms with Crippen LogP contribution in [-0.4, -0.2) is 23.0 Å². The molecule has 2 aliphatic rings. The van der Waals surface area contributed by atoms with Gasteiger partial charge in [-0.15, -0.1) is 0 Å². The van der Waals surface area contributed by atoms with E-state index in [-0.39, 0.29) is 23.3 Å². The van der Waals surface area contributed by atoms with E-state index in [1.54, 1.807) is 0 Å². The number of carboxylic acid groups (broad SMARTS) is 1. The minimum absolute atomic E-state index is 0.0572. The minimum Gasteiger partial charge on any atom is -0.481 e. The summed E-state index contributed by atoms with van der Waals surface area (Å²) in [4.78, 5) is 23.5. The highest BCUT2D eigenvalue weighted by molar-refractivity contribution is 5.83. The summed E-state index contributed by atoms with van der Waals surface area (Å²) in [6.45, 7) is 4.17. The molecule has 2 rings (SSSR count). The molecule has 0 bridgehead atoms. The third kappa shape index (κ3) is 3.48. The molecule has 2 saturated carbocycles. The van der Waals surface area contributed by atoms with Crippen LogP contribution in [-0.2, 0) is 9.59 Å². The summed E-state index contributed by atoms with van der Waals surface area (Å²) in [5.74, 6) is -1.04. The van der Waals surface area contributed by atoms with E-state index in [0.29, 0.717) is 6.42 Å². The van der Waals surface area contributed by atoms with E-state index in [4.69, 9.17) is 0 Å². The fourth-order valence-corrected chi connectivity index (χ4v) is 3.15. The molecule has 4 nitrogen and oxygen atoms in total. The van der Waals surface area contributed by atoms with Gasteiger partial charge in [0, 0.05) is 12.0 Å². The van der Waals surface area contributed by atoms with Gasteiger partial charge >= 0.3 is 5.97 Å². The second kappa shape index (κ2) is 5.51. The average Bonchev–Trinajstić information content (AvgIpc) is 2.91. The van der Waals surface area contributed by atoms with Crippen LogP contribution < -0.4 is 5.32 Å². The van der Waals surface area contributed by atoms with Crippen molar-refractivity contribution in [2.45, 2.75) is 64.8 Å². The van der Waals surface area contributed by atoms with Gasteiger partial charge in [0.15, 0.2) is 0 Å². The molecule has 2 unspecified atom stereocenters. The molecule has 19 heavy (non-hydrogen) atoms. The smallest absolute Gasteiger partial charge is 0.308 e. The fourth-order valence-electron chi connectivity index (χ4n) is 3.15. The maximum atomic E-state index is 12.2. The second-order valence-electron chi connectivity index (χ2n) is 6.80. The number of nitrogens with one attached hydrogen (secondary N) is 1. The highest BCUT2D eigenvalue weighted by Gasteiger charge is 2.51. The van der Waals surface area contributed by atoms with Crippen LogP contribution in [0.2, 0.25) is 0 Å². The van der Waals surface area contributed by atoms with Crippen molar-refractivity contribution in [3.05, 3.63) is 0 Å². The molecule has 0 aliphatic heterocycles. The SMILES string of the molecule is CC1(C)C[C@@H]1C(=O)NC1CCCCCCC1C(=O)O. The average molecular weight is 267 g/mol. The first-order valence-electron chi connectivity index (χ1n) is 7.45. The first-order chi connectivity index (χ1) is 8.92. The molecule has 2 fully saturated rings. The molecule has 0 aromatic rings. The van der Waals surface area contributed by atoms with Gasteiger partial charge in [0.1, 0.15) is 0 Å². The van der Waals surface area contributed by atoms with Crippen molar-refractivity contribution in [2.24, 2.45) is 17.3 Å². The molecule has 4 heteroatoms. The Morgan fingerprint density at radius 3 is 2.21 bits per heavy atom. The molecule has 1 amide bonds. The zero-order chi connectivity index (χ0) is 14.0. The van der Waals surface area contributed by atoms with Gasteiger partial charge in [0.05, 0.1) is 5.92 Å². The van der Waals surface area contributed by atoms with E-state index in [1.165, 1.54) is 0 Å². The van der Waals surface area contributed by atoms with E-state index >= 15 is 0 Å². The Morgan fingerprint density at radius 2 is 1.68 bits per heavy atom. The quantitative estimate of drug-likeness (QED) is 0.826. The topological polar surface area (TPSA) is 66.4 Å². The lowest BCUT2D eigenvalue weighted by Crippen LogP contribution is -2.44. The maximum absolute atomic E-state index is 12.2. The normalized spacial score (nSPS) is 33.9. The Balaban J connectivity index is 1.97. The summed E-state index contributed by atoms with van der Waals surface area (Å²) >= 11 is 0. The summed E-state index contributed by atoms with van der Waals surface area (Å²) in [6, 6.07) is -0.179. The van der Waals surface area contributed by atoms with Crippen LogP contribution in [0.15, 0.2) is 0 Å². The number of carbonyl (C=O) groups is 2. The summed E-state index contributed by atoms with van der Waals surface area (Å²) < 4.78 is 0. The minimum atomic E-state index is -0.762.